The number of aromatic nitrogens is 1. The highest BCUT2D eigenvalue weighted by Gasteiger charge is 2.35. The number of benzene rings is 1. The molecular formula is C18H20N2O3S2. The number of β-amino-alcohol motifs (C(OH)–C–C–N with tert-alkyl or cyclic N) is 1. The van der Waals surface area contributed by atoms with Crippen molar-refractivity contribution >= 4 is 32.9 Å². The van der Waals surface area contributed by atoms with E-state index in [4.69, 9.17) is 0 Å². The van der Waals surface area contributed by atoms with Crippen molar-refractivity contribution in [2.45, 2.75) is 24.5 Å². The zero-order valence-corrected chi connectivity index (χ0v) is 15.3. The Hall–Kier alpha value is -1.51. The third kappa shape index (κ3) is 3.43. The van der Waals surface area contributed by atoms with Crippen LogP contribution in [0, 0.1) is 0 Å². The van der Waals surface area contributed by atoms with Crippen molar-refractivity contribution in [3.8, 4) is 0 Å². The second kappa shape index (κ2) is 6.66. The van der Waals surface area contributed by atoms with Crippen molar-refractivity contribution in [1.82, 2.24) is 9.88 Å². The minimum Gasteiger partial charge on any atom is -0.387 e. The molecule has 1 saturated heterocycles. The molecule has 4 rings (SSSR count). The molecule has 1 fully saturated rings. The van der Waals surface area contributed by atoms with E-state index in [9.17, 15) is 15.0 Å². The summed E-state index contributed by atoms with van der Waals surface area (Å²) < 4.78 is 0.868. The number of aliphatic hydroxyl groups excluding tert-OH is 1. The first-order valence-electron chi connectivity index (χ1n) is 8.33. The Balaban J connectivity index is 1.41. The fourth-order valence-corrected chi connectivity index (χ4v) is 5.08. The van der Waals surface area contributed by atoms with Gasteiger partial charge in [0.05, 0.1) is 16.3 Å². The molecule has 0 amide bonds. The summed E-state index contributed by atoms with van der Waals surface area (Å²) in [6, 6.07) is 9.56. The van der Waals surface area contributed by atoms with Gasteiger partial charge >= 0.3 is 4.87 Å². The van der Waals surface area contributed by atoms with E-state index >= 15 is 0 Å². The fourth-order valence-electron chi connectivity index (χ4n) is 3.41. The Morgan fingerprint density at radius 1 is 1.28 bits per heavy atom. The quantitative estimate of drug-likeness (QED) is 0.654. The second-order valence-electron chi connectivity index (χ2n) is 6.60. The predicted octanol–water partition coefficient (Wildman–Crippen LogP) is 2.67. The molecule has 5 nitrogen and oxygen atoms in total. The number of H-pyrrole nitrogens is 1. The zero-order valence-electron chi connectivity index (χ0n) is 13.6. The van der Waals surface area contributed by atoms with Gasteiger partial charge in [-0.2, -0.15) is 0 Å². The highest BCUT2D eigenvalue weighted by Crippen LogP contribution is 2.36. The van der Waals surface area contributed by atoms with E-state index in [0.717, 1.165) is 45.1 Å². The standard InChI is InChI=1S/C18H20N2O3S2/c21-14(12-3-4-13-15(10-12)25-17(22)19-13)11-20-7-5-18(23,6-8-20)16-2-1-9-24-16/h1-4,9-10,14,21,23H,5-8,11H2,(H,19,22). The Bertz CT molecular complexity index is 908. The normalized spacial score (nSPS) is 19.3. The lowest BCUT2D eigenvalue weighted by Crippen LogP contribution is -2.43. The molecule has 0 saturated carbocycles. The van der Waals surface area contributed by atoms with E-state index < -0.39 is 11.7 Å². The fraction of sp³-hybridized carbons (Fsp3) is 0.389. The summed E-state index contributed by atoms with van der Waals surface area (Å²) in [7, 11) is 0. The van der Waals surface area contributed by atoms with Crippen LogP contribution in [-0.4, -0.2) is 39.7 Å². The predicted molar refractivity (Wildman–Crippen MR) is 101 cm³/mol. The Kier molecular flexibility index (Phi) is 4.51. The van der Waals surface area contributed by atoms with E-state index in [1.165, 1.54) is 0 Å². The number of thiazole rings is 1. The van der Waals surface area contributed by atoms with Crippen LogP contribution in [-0.2, 0) is 5.60 Å². The van der Waals surface area contributed by atoms with Gasteiger partial charge in [0.2, 0.25) is 0 Å². The molecule has 2 aromatic heterocycles. The lowest BCUT2D eigenvalue weighted by atomic mass is 9.89. The minimum atomic E-state index is -0.730. The third-order valence-electron chi connectivity index (χ3n) is 4.92. The Morgan fingerprint density at radius 3 is 2.80 bits per heavy atom. The number of likely N-dealkylation sites (tertiary alicyclic amines) is 1. The molecule has 1 atom stereocenters. The molecule has 132 valence electrons. The summed E-state index contributed by atoms with van der Waals surface area (Å²) in [5, 5.41) is 23.4. The highest BCUT2D eigenvalue weighted by molar-refractivity contribution is 7.16. The van der Waals surface area contributed by atoms with Crippen molar-refractivity contribution in [3.05, 3.63) is 55.8 Å². The number of fused-ring (bicyclic) bond motifs is 1. The van der Waals surface area contributed by atoms with E-state index in [1.54, 1.807) is 11.3 Å². The number of rotatable bonds is 4. The smallest absolute Gasteiger partial charge is 0.305 e. The molecule has 3 heterocycles. The SMILES string of the molecule is O=c1[nH]c2ccc(C(O)CN3CCC(O)(c4cccs4)CC3)cc2s1. The lowest BCUT2D eigenvalue weighted by Gasteiger charge is -2.38. The van der Waals surface area contributed by atoms with E-state index in [1.807, 2.05) is 35.7 Å². The zero-order chi connectivity index (χ0) is 17.4. The summed E-state index contributed by atoms with van der Waals surface area (Å²) in [5.41, 5.74) is 0.901. The van der Waals surface area contributed by atoms with Crippen LogP contribution in [0.15, 0.2) is 40.5 Å². The number of nitrogens with zero attached hydrogens (tertiary/aromatic N) is 1. The van der Waals surface area contributed by atoms with Crippen molar-refractivity contribution in [1.29, 1.82) is 0 Å². The molecule has 1 aliphatic rings. The number of nitrogens with one attached hydrogen (secondary N) is 1. The van der Waals surface area contributed by atoms with Crippen LogP contribution in [0.4, 0.5) is 0 Å². The van der Waals surface area contributed by atoms with Crippen LogP contribution in [0.2, 0.25) is 0 Å². The first-order valence-corrected chi connectivity index (χ1v) is 10.0. The van der Waals surface area contributed by atoms with Gasteiger partial charge in [0.25, 0.3) is 0 Å². The van der Waals surface area contributed by atoms with Crippen molar-refractivity contribution < 1.29 is 10.2 Å². The number of hydrogen-bond acceptors (Lipinski definition) is 6. The number of hydrogen-bond donors (Lipinski definition) is 3. The molecule has 0 radical (unpaired) electrons. The van der Waals surface area contributed by atoms with Crippen LogP contribution in [0.1, 0.15) is 29.4 Å². The van der Waals surface area contributed by atoms with Crippen LogP contribution in [0.25, 0.3) is 10.2 Å². The molecule has 0 aliphatic carbocycles. The summed E-state index contributed by atoms with van der Waals surface area (Å²) in [4.78, 5) is 17.3. The molecule has 3 N–H and O–H groups in total. The van der Waals surface area contributed by atoms with Crippen molar-refractivity contribution in [3.63, 3.8) is 0 Å². The van der Waals surface area contributed by atoms with Gasteiger partial charge in [-0.15, -0.1) is 11.3 Å². The summed E-state index contributed by atoms with van der Waals surface area (Å²) in [6.45, 7) is 2.04. The molecule has 1 unspecified atom stereocenters. The van der Waals surface area contributed by atoms with E-state index in [0.29, 0.717) is 19.4 Å². The molecule has 1 aliphatic heterocycles. The number of thiophene rings is 1. The van der Waals surface area contributed by atoms with Gasteiger partial charge in [-0.1, -0.05) is 23.5 Å². The van der Waals surface area contributed by atoms with Gasteiger partial charge in [-0.3, -0.25) is 4.79 Å². The van der Waals surface area contributed by atoms with Crippen LogP contribution < -0.4 is 4.87 Å². The maximum atomic E-state index is 11.4. The maximum absolute atomic E-state index is 11.4. The van der Waals surface area contributed by atoms with Crippen LogP contribution in [0.5, 0.6) is 0 Å². The van der Waals surface area contributed by atoms with Crippen molar-refractivity contribution in [2.24, 2.45) is 0 Å². The topological polar surface area (TPSA) is 76.6 Å². The van der Waals surface area contributed by atoms with E-state index in [2.05, 4.69) is 9.88 Å². The first kappa shape index (κ1) is 16.9. The van der Waals surface area contributed by atoms with Gasteiger partial charge < -0.3 is 20.1 Å². The van der Waals surface area contributed by atoms with Gasteiger partial charge in [-0.25, -0.2) is 0 Å². The molecular weight excluding hydrogens is 356 g/mol. The number of piperidine rings is 1. The lowest BCUT2D eigenvalue weighted by molar-refractivity contribution is -0.0318. The van der Waals surface area contributed by atoms with Gasteiger partial charge in [0.15, 0.2) is 0 Å². The first-order chi connectivity index (χ1) is 12.0. The molecule has 7 heteroatoms. The summed E-state index contributed by atoms with van der Waals surface area (Å²) >= 11 is 2.76. The molecule has 3 aromatic rings. The van der Waals surface area contributed by atoms with Gasteiger partial charge in [0.1, 0.15) is 5.60 Å². The van der Waals surface area contributed by atoms with Crippen LogP contribution >= 0.6 is 22.7 Å². The van der Waals surface area contributed by atoms with E-state index in [-0.39, 0.29) is 4.87 Å². The number of aromatic amines is 1. The maximum Gasteiger partial charge on any atom is 0.305 e. The molecule has 25 heavy (non-hydrogen) atoms. The third-order valence-corrected chi connectivity index (χ3v) is 6.83. The number of aliphatic hydroxyl groups is 2. The Labute approximate surface area is 153 Å². The molecule has 0 bridgehead atoms. The summed E-state index contributed by atoms with van der Waals surface area (Å²) in [5.74, 6) is 0. The van der Waals surface area contributed by atoms with Crippen LogP contribution in [0.3, 0.4) is 0 Å². The van der Waals surface area contributed by atoms with Gasteiger partial charge in [-0.05, 0) is 42.0 Å². The minimum absolute atomic E-state index is 0.0782. The molecule has 1 aromatic carbocycles. The Morgan fingerprint density at radius 2 is 2.08 bits per heavy atom. The highest BCUT2D eigenvalue weighted by atomic mass is 32.1. The largest absolute Gasteiger partial charge is 0.387 e. The monoisotopic (exact) mass is 376 g/mol. The van der Waals surface area contributed by atoms with Crippen molar-refractivity contribution in [2.75, 3.05) is 19.6 Å². The average molecular weight is 377 g/mol. The van der Waals surface area contributed by atoms with Gasteiger partial charge in [0, 0.05) is 24.5 Å². The average Bonchev–Trinajstić information content (AvgIpc) is 3.25. The second-order valence-corrected chi connectivity index (χ2v) is 8.56. The summed E-state index contributed by atoms with van der Waals surface area (Å²) in [6.07, 6.45) is 0.756. The molecule has 0 spiro atoms.